The van der Waals surface area contributed by atoms with Gasteiger partial charge in [-0.05, 0) is 42.2 Å². The number of hydrogen-bond donors (Lipinski definition) is 0. The molecule has 1 aliphatic rings. The highest BCUT2D eigenvalue weighted by molar-refractivity contribution is 7.17. The van der Waals surface area contributed by atoms with Gasteiger partial charge in [-0.25, -0.2) is 9.78 Å². The molecule has 2 aromatic rings. The van der Waals surface area contributed by atoms with Gasteiger partial charge in [-0.2, -0.15) is 11.3 Å². The van der Waals surface area contributed by atoms with Crippen LogP contribution in [-0.4, -0.2) is 24.1 Å². The molecule has 1 fully saturated rings. The third kappa shape index (κ3) is 2.71. The molecule has 0 aromatic carbocycles. The molecule has 2 heterocycles. The lowest BCUT2D eigenvalue weighted by molar-refractivity contribution is 0.0605. The number of thiophene rings is 1. The van der Waals surface area contributed by atoms with Crippen molar-refractivity contribution in [1.82, 2.24) is 4.98 Å². The first-order valence-corrected chi connectivity index (χ1v) is 8.28. The van der Waals surface area contributed by atoms with Crippen LogP contribution in [0.5, 0.6) is 0 Å². The average molecular weight is 308 g/mol. The minimum Gasteiger partial charge on any atom is -0.465 e. The van der Waals surface area contributed by atoms with Crippen molar-refractivity contribution in [1.29, 1.82) is 0 Å². The number of carbonyl (C=O) groups excluding carboxylic acids is 1. The van der Waals surface area contributed by atoms with Crippen molar-refractivity contribution < 1.29 is 9.53 Å². The molecule has 3 rings (SSSR count). The molecule has 0 bridgehead atoms. The fourth-order valence-electron chi connectivity index (χ4n) is 2.11. The van der Waals surface area contributed by atoms with Gasteiger partial charge in [0.2, 0.25) is 0 Å². The Kier molecular flexibility index (Phi) is 3.76. The summed E-state index contributed by atoms with van der Waals surface area (Å²) in [6.45, 7) is 2.73. The van der Waals surface area contributed by atoms with Gasteiger partial charge in [-0.15, -0.1) is 0 Å². The van der Waals surface area contributed by atoms with E-state index in [2.05, 4.69) is 26.7 Å². The summed E-state index contributed by atoms with van der Waals surface area (Å²) in [5.74, 6) is -0.294. The summed E-state index contributed by atoms with van der Waals surface area (Å²) >= 11 is 3.14. The Labute approximate surface area is 126 Å². The topological polar surface area (TPSA) is 42.4 Å². The number of aromatic nitrogens is 1. The van der Waals surface area contributed by atoms with Gasteiger partial charge in [-0.1, -0.05) is 11.3 Å². The van der Waals surface area contributed by atoms with Crippen LogP contribution in [0.2, 0.25) is 0 Å². The van der Waals surface area contributed by atoms with Crippen LogP contribution in [0.25, 0.3) is 0 Å². The highest BCUT2D eigenvalue weighted by Gasteiger charge is 2.32. The maximum atomic E-state index is 11.7. The second-order valence-corrected chi connectivity index (χ2v) is 6.65. The van der Waals surface area contributed by atoms with Crippen LogP contribution in [0.4, 0.5) is 5.13 Å². The monoisotopic (exact) mass is 308 g/mol. The molecule has 1 saturated carbocycles. The molecule has 0 unspecified atom stereocenters. The number of aryl methyl sites for hydroxylation is 1. The van der Waals surface area contributed by atoms with Crippen molar-refractivity contribution in [2.24, 2.45) is 0 Å². The molecule has 2 aromatic heterocycles. The molecule has 0 spiro atoms. The number of ether oxygens (including phenoxy) is 1. The predicted octanol–water partition coefficient (Wildman–Crippen LogP) is 3.47. The summed E-state index contributed by atoms with van der Waals surface area (Å²) in [5, 5.41) is 5.18. The molecule has 0 radical (unpaired) electrons. The van der Waals surface area contributed by atoms with Gasteiger partial charge in [0.1, 0.15) is 4.88 Å². The van der Waals surface area contributed by atoms with Gasteiger partial charge in [0, 0.05) is 12.6 Å². The number of esters is 1. The maximum absolute atomic E-state index is 11.7. The molecule has 0 atom stereocenters. The van der Waals surface area contributed by atoms with Crippen LogP contribution in [-0.2, 0) is 11.3 Å². The molecular formula is C14H16N2O2S2. The van der Waals surface area contributed by atoms with E-state index < -0.39 is 0 Å². The second kappa shape index (κ2) is 5.54. The minimum absolute atomic E-state index is 0.294. The van der Waals surface area contributed by atoms with Crippen molar-refractivity contribution in [3.63, 3.8) is 0 Å². The van der Waals surface area contributed by atoms with Gasteiger partial charge in [0.15, 0.2) is 5.13 Å². The molecule has 6 heteroatoms. The quantitative estimate of drug-likeness (QED) is 0.793. The molecule has 106 valence electrons. The number of rotatable bonds is 5. The third-order valence-corrected chi connectivity index (χ3v) is 5.23. The SMILES string of the molecule is COC(=O)c1sc(N(Cc2ccsc2)C2CC2)nc1C. The molecule has 0 saturated heterocycles. The van der Waals surface area contributed by atoms with Gasteiger partial charge in [-0.3, -0.25) is 0 Å². The van der Waals surface area contributed by atoms with Crippen molar-refractivity contribution >= 4 is 33.8 Å². The van der Waals surface area contributed by atoms with E-state index >= 15 is 0 Å². The normalized spacial score (nSPS) is 14.3. The Balaban J connectivity index is 1.86. The van der Waals surface area contributed by atoms with E-state index in [9.17, 15) is 4.79 Å². The summed E-state index contributed by atoms with van der Waals surface area (Å²) in [5.41, 5.74) is 2.06. The van der Waals surface area contributed by atoms with Gasteiger partial charge in [0.25, 0.3) is 0 Å². The number of anilines is 1. The van der Waals surface area contributed by atoms with Gasteiger partial charge >= 0.3 is 5.97 Å². The Morgan fingerprint density at radius 2 is 2.35 bits per heavy atom. The largest absolute Gasteiger partial charge is 0.465 e. The summed E-state index contributed by atoms with van der Waals surface area (Å²) in [7, 11) is 1.41. The summed E-state index contributed by atoms with van der Waals surface area (Å²) in [6, 6.07) is 2.70. The maximum Gasteiger partial charge on any atom is 0.350 e. The first-order chi connectivity index (χ1) is 9.69. The fraction of sp³-hybridized carbons (Fsp3) is 0.429. The first kappa shape index (κ1) is 13.6. The van der Waals surface area contributed by atoms with Crippen molar-refractivity contribution in [3.05, 3.63) is 33.0 Å². The van der Waals surface area contributed by atoms with Crippen LogP contribution < -0.4 is 4.90 Å². The lowest BCUT2D eigenvalue weighted by atomic mass is 10.3. The molecule has 0 N–H and O–H groups in total. The minimum atomic E-state index is -0.294. The number of hydrogen-bond acceptors (Lipinski definition) is 6. The highest BCUT2D eigenvalue weighted by Crippen LogP contribution is 2.36. The van der Waals surface area contributed by atoms with Gasteiger partial charge < -0.3 is 9.64 Å². The Hall–Kier alpha value is -1.40. The lowest BCUT2D eigenvalue weighted by Gasteiger charge is -2.20. The smallest absolute Gasteiger partial charge is 0.350 e. The fourth-order valence-corrected chi connectivity index (χ4v) is 3.82. The van der Waals surface area contributed by atoms with E-state index in [1.165, 1.54) is 36.9 Å². The van der Waals surface area contributed by atoms with Crippen molar-refractivity contribution in [2.45, 2.75) is 32.4 Å². The average Bonchev–Trinajstić information content (AvgIpc) is 3.01. The van der Waals surface area contributed by atoms with Crippen LogP contribution in [0.3, 0.4) is 0 Å². The van der Waals surface area contributed by atoms with Gasteiger partial charge in [0.05, 0.1) is 12.8 Å². The van der Waals surface area contributed by atoms with Crippen LogP contribution >= 0.6 is 22.7 Å². The van der Waals surface area contributed by atoms with E-state index in [0.29, 0.717) is 10.9 Å². The number of nitrogens with zero attached hydrogens (tertiary/aromatic N) is 2. The molecule has 4 nitrogen and oxygen atoms in total. The standard InChI is InChI=1S/C14H16N2O2S2/c1-9-12(13(17)18-2)20-14(15-9)16(11-3-4-11)7-10-5-6-19-8-10/h5-6,8,11H,3-4,7H2,1-2H3. The van der Waals surface area contributed by atoms with Crippen molar-refractivity contribution in [2.75, 3.05) is 12.0 Å². The van der Waals surface area contributed by atoms with E-state index in [4.69, 9.17) is 4.74 Å². The summed E-state index contributed by atoms with van der Waals surface area (Å²) < 4.78 is 4.81. The first-order valence-electron chi connectivity index (χ1n) is 6.52. The van der Waals surface area contributed by atoms with E-state index in [1.807, 2.05) is 6.92 Å². The van der Waals surface area contributed by atoms with E-state index in [0.717, 1.165) is 17.4 Å². The molecular weight excluding hydrogens is 292 g/mol. The van der Waals surface area contributed by atoms with E-state index in [1.54, 1.807) is 11.3 Å². The molecule has 20 heavy (non-hydrogen) atoms. The number of carbonyl (C=O) groups is 1. The lowest BCUT2D eigenvalue weighted by Crippen LogP contribution is -2.24. The second-order valence-electron chi connectivity index (χ2n) is 4.89. The summed E-state index contributed by atoms with van der Waals surface area (Å²) in [6.07, 6.45) is 2.41. The zero-order valence-corrected chi connectivity index (χ0v) is 13.1. The number of methoxy groups -OCH3 is 1. The third-order valence-electron chi connectivity index (χ3n) is 3.32. The highest BCUT2D eigenvalue weighted by atomic mass is 32.1. The molecule has 0 aliphatic heterocycles. The van der Waals surface area contributed by atoms with E-state index in [-0.39, 0.29) is 5.97 Å². The Bertz CT molecular complexity index is 603. The summed E-state index contributed by atoms with van der Waals surface area (Å²) in [4.78, 5) is 19.2. The molecule has 1 aliphatic carbocycles. The zero-order valence-electron chi connectivity index (χ0n) is 11.5. The predicted molar refractivity (Wildman–Crippen MR) is 81.7 cm³/mol. The zero-order chi connectivity index (χ0) is 14.1. The molecule has 0 amide bonds. The number of thiazole rings is 1. The van der Waals surface area contributed by atoms with Crippen LogP contribution in [0.1, 0.15) is 33.8 Å². The Morgan fingerprint density at radius 1 is 1.55 bits per heavy atom. The Morgan fingerprint density at radius 3 is 2.95 bits per heavy atom. The van der Waals surface area contributed by atoms with Crippen LogP contribution in [0.15, 0.2) is 16.8 Å². The van der Waals surface area contributed by atoms with Crippen LogP contribution in [0, 0.1) is 6.92 Å². The van der Waals surface area contributed by atoms with Crippen molar-refractivity contribution in [3.8, 4) is 0 Å².